The van der Waals surface area contributed by atoms with Gasteiger partial charge in [-0.15, -0.1) is 0 Å². The minimum atomic E-state index is -0.102. The Bertz CT molecular complexity index is 816. The van der Waals surface area contributed by atoms with Crippen LogP contribution in [0.5, 0.6) is 17.4 Å². The van der Waals surface area contributed by atoms with Crippen LogP contribution in [0, 0.1) is 0 Å². The van der Waals surface area contributed by atoms with Gasteiger partial charge in [-0.05, 0) is 31.0 Å². The lowest BCUT2D eigenvalue weighted by molar-refractivity contribution is 0.0704. The number of carbonyl (C=O) groups is 1. The van der Waals surface area contributed by atoms with Crippen LogP contribution in [0.15, 0.2) is 42.6 Å². The molecule has 2 bridgehead atoms. The molecule has 28 heavy (non-hydrogen) atoms. The summed E-state index contributed by atoms with van der Waals surface area (Å²) in [7, 11) is 3.15. The van der Waals surface area contributed by atoms with Gasteiger partial charge in [0.1, 0.15) is 6.10 Å². The summed E-state index contributed by atoms with van der Waals surface area (Å²) in [6.07, 6.45) is 5.44. The lowest BCUT2D eigenvalue weighted by atomic mass is 10.00. The van der Waals surface area contributed by atoms with Crippen LogP contribution >= 0.6 is 0 Å². The number of hydrogen-bond donors (Lipinski definition) is 1. The molecule has 0 aliphatic carbocycles. The Hall–Kier alpha value is -2.96. The van der Waals surface area contributed by atoms with E-state index in [1.165, 1.54) is 0 Å². The van der Waals surface area contributed by atoms with Crippen molar-refractivity contribution >= 4 is 11.7 Å². The number of fused-ring (bicyclic) bond motifs is 2. The lowest BCUT2D eigenvalue weighted by Crippen LogP contribution is -2.50. The number of hydrogen-bond acceptors (Lipinski definition) is 5. The van der Waals surface area contributed by atoms with Crippen LogP contribution in [0.2, 0.25) is 0 Å². The number of carbonyl (C=O) groups excluding carboxylic acids is 1. The van der Waals surface area contributed by atoms with Crippen LogP contribution in [-0.2, 0) is 0 Å². The number of amides is 2. The third-order valence-electron chi connectivity index (χ3n) is 5.49. The number of aromatic nitrogens is 1. The first-order valence-electron chi connectivity index (χ1n) is 9.57. The SMILES string of the molecule is COc1cccc(NC(=O)N2C3CCC2CC(Oc2ccccn2)C3)c1OC. The summed E-state index contributed by atoms with van der Waals surface area (Å²) in [6, 6.07) is 11.4. The molecule has 148 valence electrons. The summed E-state index contributed by atoms with van der Waals surface area (Å²) in [5.41, 5.74) is 0.609. The Morgan fingerprint density at radius 1 is 1.07 bits per heavy atom. The molecule has 0 saturated carbocycles. The third kappa shape index (κ3) is 3.56. The smallest absolute Gasteiger partial charge is 0.322 e. The number of benzene rings is 1. The minimum absolute atomic E-state index is 0.0859. The normalized spacial score (nSPS) is 23.2. The third-order valence-corrected chi connectivity index (χ3v) is 5.49. The van der Waals surface area contributed by atoms with E-state index in [2.05, 4.69) is 10.3 Å². The van der Waals surface area contributed by atoms with Gasteiger partial charge in [0.05, 0.1) is 19.9 Å². The van der Waals surface area contributed by atoms with Crippen LogP contribution in [0.4, 0.5) is 10.5 Å². The van der Waals surface area contributed by atoms with E-state index >= 15 is 0 Å². The van der Waals surface area contributed by atoms with Gasteiger partial charge in [0, 0.05) is 37.2 Å². The highest BCUT2D eigenvalue weighted by Crippen LogP contribution is 2.39. The van der Waals surface area contributed by atoms with Gasteiger partial charge in [0.25, 0.3) is 0 Å². The van der Waals surface area contributed by atoms with Crippen molar-refractivity contribution < 1.29 is 19.0 Å². The lowest BCUT2D eigenvalue weighted by Gasteiger charge is -2.38. The summed E-state index contributed by atoms with van der Waals surface area (Å²) in [5, 5.41) is 3.00. The molecule has 2 amide bonds. The van der Waals surface area contributed by atoms with E-state index in [0.717, 1.165) is 25.7 Å². The van der Waals surface area contributed by atoms with Crippen molar-refractivity contribution in [2.24, 2.45) is 0 Å². The van der Waals surface area contributed by atoms with Crippen LogP contribution in [0.3, 0.4) is 0 Å². The van der Waals surface area contributed by atoms with Crippen LogP contribution < -0.4 is 19.5 Å². The van der Waals surface area contributed by atoms with Gasteiger partial charge in [0.2, 0.25) is 5.88 Å². The predicted octanol–water partition coefficient (Wildman–Crippen LogP) is 3.71. The first-order chi connectivity index (χ1) is 13.7. The van der Waals surface area contributed by atoms with Crippen molar-refractivity contribution in [2.45, 2.75) is 43.9 Å². The molecule has 7 nitrogen and oxygen atoms in total. The molecule has 1 N–H and O–H groups in total. The second kappa shape index (κ2) is 7.96. The number of methoxy groups -OCH3 is 2. The zero-order valence-corrected chi connectivity index (χ0v) is 16.1. The number of urea groups is 1. The summed E-state index contributed by atoms with van der Waals surface area (Å²) in [5.74, 6) is 1.76. The number of nitrogens with zero attached hydrogens (tertiary/aromatic N) is 2. The monoisotopic (exact) mass is 383 g/mol. The van der Waals surface area contributed by atoms with Crippen molar-refractivity contribution in [3.05, 3.63) is 42.6 Å². The van der Waals surface area contributed by atoms with Crippen molar-refractivity contribution in [1.82, 2.24) is 9.88 Å². The largest absolute Gasteiger partial charge is 0.493 e. The van der Waals surface area contributed by atoms with Gasteiger partial charge in [-0.3, -0.25) is 0 Å². The van der Waals surface area contributed by atoms with Gasteiger partial charge in [-0.1, -0.05) is 12.1 Å². The molecule has 2 atom stereocenters. The number of pyridine rings is 1. The molecule has 2 aliphatic rings. The number of nitrogens with one attached hydrogen (secondary N) is 1. The molecule has 3 heterocycles. The Labute approximate surface area is 164 Å². The quantitative estimate of drug-likeness (QED) is 0.852. The number of rotatable bonds is 5. The Morgan fingerprint density at radius 2 is 1.86 bits per heavy atom. The number of para-hydroxylation sites is 1. The molecule has 2 aromatic rings. The number of ether oxygens (including phenoxy) is 3. The van der Waals surface area contributed by atoms with Crippen LogP contribution in [-0.4, -0.2) is 48.3 Å². The van der Waals surface area contributed by atoms with Gasteiger partial charge < -0.3 is 24.4 Å². The second-order valence-electron chi connectivity index (χ2n) is 7.14. The highest BCUT2D eigenvalue weighted by molar-refractivity contribution is 5.92. The highest BCUT2D eigenvalue weighted by atomic mass is 16.5. The molecule has 2 aliphatic heterocycles. The Kier molecular flexibility index (Phi) is 5.23. The molecular formula is C21H25N3O4. The molecular weight excluding hydrogens is 358 g/mol. The first-order valence-corrected chi connectivity index (χ1v) is 9.57. The first kappa shape index (κ1) is 18.4. The summed E-state index contributed by atoms with van der Waals surface area (Å²) in [4.78, 5) is 19.2. The molecule has 7 heteroatoms. The Morgan fingerprint density at radius 3 is 2.50 bits per heavy atom. The fourth-order valence-corrected chi connectivity index (χ4v) is 4.31. The van der Waals surface area contributed by atoms with E-state index in [4.69, 9.17) is 14.2 Å². The highest BCUT2D eigenvalue weighted by Gasteiger charge is 2.44. The second-order valence-corrected chi connectivity index (χ2v) is 7.14. The maximum Gasteiger partial charge on any atom is 0.322 e. The molecule has 1 aromatic heterocycles. The standard InChI is InChI=1S/C21H25N3O4/c1-26-18-7-5-6-17(20(18)27-2)23-21(25)24-14-9-10-15(24)13-16(12-14)28-19-8-3-4-11-22-19/h3-8,11,14-16H,9-10,12-13H2,1-2H3,(H,23,25). The van der Waals surface area contributed by atoms with Gasteiger partial charge in [-0.2, -0.15) is 0 Å². The zero-order chi connectivity index (χ0) is 19.5. The average Bonchev–Trinajstić information content (AvgIpc) is 2.99. The van der Waals surface area contributed by atoms with Gasteiger partial charge >= 0.3 is 6.03 Å². The van der Waals surface area contributed by atoms with E-state index in [0.29, 0.717) is 23.1 Å². The van der Waals surface area contributed by atoms with Crippen molar-refractivity contribution in [3.63, 3.8) is 0 Å². The minimum Gasteiger partial charge on any atom is -0.493 e. The fourth-order valence-electron chi connectivity index (χ4n) is 4.31. The van der Waals surface area contributed by atoms with E-state index in [1.807, 2.05) is 35.2 Å². The van der Waals surface area contributed by atoms with E-state index in [-0.39, 0.29) is 24.2 Å². The van der Waals surface area contributed by atoms with Crippen LogP contribution in [0.1, 0.15) is 25.7 Å². The fraction of sp³-hybridized carbons (Fsp3) is 0.429. The molecule has 0 spiro atoms. The zero-order valence-electron chi connectivity index (χ0n) is 16.1. The molecule has 4 rings (SSSR count). The van der Waals surface area contributed by atoms with Crippen molar-refractivity contribution in [2.75, 3.05) is 19.5 Å². The van der Waals surface area contributed by atoms with E-state index in [1.54, 1.807) is 26.5 Å². The summed E-state index contributed by atoms with van der Waals surface area (Å²) in [6.45, 7) is 0. The van der Waals surface area contributed by atoms with E-state index < -0.39 is 0 Å². The molecule has 1 aromatic carbocycles. The topological polar surface area (TPSA) is 72.9 Å². The predicted molar refractivity (Wildman–Crippen MR) is 105 cm³/mol. The number of piperidine rings is 1. The average molecular weight is 383 g/mol. The summed E-state index contributed by atoms with van der Waals surface area (Å²) < 4.78 is 16.8. The van der Waals surface area contributed by atoms with Crippen molar-refractivity contribution in [1.29, 1.82) is 0 Å². The molecule has 2 saturated heterocycles. The maximum atomic E-state index is 13.0. The van der Waals surface area contributed by atoms with Gasteiger partial charge in [0.15, 0.2) is 11.5 Å². The molecule has 2 fully saturated rings. The van der Waals surface area contributed by atoms with Gasteiger partial charge in [-0.25, -0.2) is 9.78 Å². The maximum absolute atomic E-state index is 13.0. The van der Waals surface area contributed by atoms with Crippen LogP contribution in [0.25, 0.3) is 0 Å². The molecule has 0 radical (unpaired) electrons. The number of anilines is 1. The Balaban J connectivity index is 1.44. The van der Waals surface area contributed by atoms with Crippen molar-refractivity contribution in [3.8, 4) is 17.4 Å². The molecule has 2 unspecified atom stereocenters. The summed E-state index contributed by atoms with van der Waals surface area (Å²) >= 11 is 0. The van der Waals surface area contributed by atoms with E-state index in [9.17, 15) is 4.79 Å².